The average Bonchev–Trinajstić information content (AvgIpc) is 2.38. The highest BCUT2D eigenvalue weighted by atomic mass is 79.9. The molecule has 2 N–H and O–H groups in total. The van der Waals surface area contributed by atoms with Crippen LogP contribution in [-0.2, 0) is 16.1 Å². The number of nitrogens with one attached hydrogen (secondary N) is 2. The van der Waals surface area contributed by atoms with Crippen LogP contribution < -0.4 is 10.6 Å². The fourth-order valence-electron chi connectivity index (χ4n) is 1.98. The Morgan fingerprint density at radius 2 is 2.35 bits per heavy atom. The van der Waals surface area contributed by atoms with Gasteiger partial charge >= 0.3 is 0 Å². The number of morpholine rings is 1. The molecule has 2 rings (SSSR count). The number of carbonyl (C=O) groups excluding carboxylic acids is 1. The second-order valence-corrected chi connectivity index (χ2v) is 5.32. The molecular weight excluding hydrogens is 351 g/mol. The van der Waals surface area contributed by atoms with Crippen LogP contribution in [0.2, 0.25) is 0 Å². The zero-order valence-corrected chi connectivity index (χ0v) is 13.4. The molecule has 1 heterocycles. The van der Waals surface area contributed by atoms with Crippen molar-refractivity contribution in [3.8, 4) is 0 Å². The van der Waals surface area contributed by atoms with Gasteiger partial charge in [-0.1, -0.05) is 22.0 Å². The zero-order valence-electron chi connectivity index (χ0n) is 11.0. The smallest absolute Gasteiger partial charge is 0.240 e. The highest BCUT2D eigenvalue weighted by molar-refractivity contribution is 9.10. The maximum atomic E-state index is 12.9. The molecule has 0 aromatic heterocycles. The number of rotatable bonds is 3. The van der Waals surface area contributed by atoms with Gasteiger partial charge < -0.3 is 15.4 Å². The molecule has 0 aliphatic carbocycles. The van der Waals surface area contributed by atoms with E-state index in [1.807, 2.05) is 6.92 Å². The first-order valence-corrected chi connectivity index (χ1v) is 6.94. The number of halogens is 3. The second-order valence-electron chi connectivity index (χ2n) is 4.46. The van der Waals surface area contributed by atoms with Gasteiger partial charge in [-0.2, -0.15) is 0 Å². The first-order chi connectivity index (χ1) is 9.08. The van der Waals surface area contributed by atoms with E-state index in [-0.39, 0.29) is 36.3 Å². The molecule has 1 aromatic rings. The van der Waals surface area contributed by atoms with Crippen molar-refractivity contribution < 1.29 is 13.9 Å². The molecule has 2 atom stereocenters. The summed E-state index contributed by atoms with van der Waals surface area (Å²) < 4.78 is 19.0. The SMILES string of the molecule is C[C@H]1OCCN[C@@H]1C(=O)NCc1ccc(F)cc1Br.Cl. The third-order valence-corrected chi connectivity index (χ3v) is 3.81. The molecular formula is C13H17BrClFN2O2. The van der Waals surface area contributed by atoms with Crippen LogP contribution in [0.5, 0.6) is 0 Å². The van der Waals surface area contributed by atoms with Crippen LogP contribution in [0, 0.1) is 5.82 Å². The zero-order chi connectivity index (χ0) is 13.8. The number of amides is 1. The largest absolute Gasteiger partial charge is 0.375 e. The van der Waals surface area contributed by atoms with Crippen LogP contribution in [0.4, 0.5) is 4.39 Å². The minimum Gasteiger partial charge on any atom is -0.375 e. The summed E-state index contributed by atoms with van der Waals surface area (Å²) in [6.45, 7) is 3.51. The van der Waals surface area contributed by atoms with E-state index >= 15 is 0 Å². The van der Waals surface area contributed by atoms with E-state index in [1.54, 1.807) is 6.07 Å². The van der Waals surface area contributed by atoms with Gasteiger partial charge in [-0.05, 0) is 24.6 Å². The van der Waals surface area contributed by atoms with Crippen molar-refractivity contribution in [1.29, 1.82) is 0 Å². The molecule has 1 aromatic carbocycles. The maximum absolute atomic E-state index is 12.9. The van der Waals surface area contributed by atoms with Crippen molar-refractivity contribution in [2.24, 2.45) is 0 Å². The summed E-state index contributed by atoms with van der Waals surface area (Å²) in [4.78, 5) is 12.0. The van der Waals surface area contributed by atoms with E-state index in [2.05, 4.69) is 26.6 Å². The Balaban J connectivity index is 0.00000200. The highest BCUT2D eigenvalue weighted by Crippen LogP contribution is 2.17. The summed E-state index contributed by atoms with van der Waals surface area (Å²) in [5.41, 5.74) is 0.833. The molecule has 112 valence electrons. The fraction of sp³-hybridized carbons (Fsp3) is 0.462. The molecule has 4 nitrogen and oxygen atoms in total. The summed E-state index contributed by atoms with van der Waals surface area (Å²) in [7, 11) is 0. The Morgan fingerprint density at radius 3 is 3.00 bits per heavy atom. The molecule has 1 aliphatic rings. The summed E-state index contributed by atoms with van der Waals surface area (Å²) in [6.07, 6.45) is -0.148. The molecule has 7 heteroatoms. The van der Waals surface area contributed by atoms with E-state index < -0.39 is 0 Å². The van der Waals surface area contributed by atoms with Crippen LogP contribution in [0.3, 0.4) is 0 Å². The summed E-state index contributed by atoms with van der Waals surface area (Å²) in [6, 6.07) is 4.06. The van der Waals surface area contributed by atoms with Gasteiger partial charge in [0.1, 0.15) is 11.9 Å². The first kappa shape index (κ1) is 17.4. The molecule has 0 radical (unpaired) electrons. The van der Waals surface area contributed by atoms with Crippen LogP contribution >= 0.6 is 28.3 Å². The molecule has 0 unspecified atom stereocenters. The molecule has 1 amide bonds. The lowest BCUT2D eigenvalue weighted by Gasteiger charge is -2.29. The Bertz CT molecular complexity index is 476. The number of hydrogen-bond donors (Lipinski definition) is 2. The molecule has 1 saturated heterocycles. The summed E-state index contributed by atoms with van der Waals surface area (Å²) >= 11 is 3.27. The maximum Gasteiger partial charge on any atom is 0.240 e. The third kappa shape index (κ3) is 4.41. The van der Waals surface area contributed by atoms with Gasteiger partial charge in [-0.3, -0.25) is 4.79 Å². The van der Waals surface area contributed by atoms with Crippen molar-refractivity contribution in [3.05, 3.63) is 34.1 Å². The Labute approximate surface area is 132 Å². The number of hydrogen-bond acceptors (Lipinski definition) is 3. The molecule has 1 fully saturated rings. The lowest BCUT2D eigenvalue weighted by Crippen LogP contribution is -2.55. The van der Waals surface area contributed by atoms with Crippen LogP contribution in [-0.4, -0.2) is 31.2 Å². The Kier molecular flexibility index (Phi) is 6.88. The first-order valence-electron chi connectivity index (χ1n) is 6.14. The van der Waals surface area contributed by atoms with Crippen molar-refractivity contribution in [3.63, 3.8) is 0 Å². The molecule has 0 bridgehead atoms. The standard InChI is InChI=1S/C13H16BrFN2O2.ClH/c1-8-12(16-4-5-19-8)13(18)17-7-9-2-3-10(15)6-11(9)14;/h2-3,6,8,12,16H,4-5,7H2,1H3,(H,17,18);1H/t8-,12+;/m1./s1. The highest BCUT2D eigenvalue weighted by Gasteiger charge is 2.27. The monoisotopic (exact) mass is 366 g/mol. The molecule has 20 heavy (non-hydrogen) atoms. The third-order valence-electron chi connectivity index (χ3n) is 3.07. The summed E-state index contributed by atoms with van der Waals surface area (Å²) in [5, 5.41) is 5.95. The molecule has 1 aliphatic heterocycles. The summed E-state index contributed by atoms with van der Waals surface area (Å²) in [5.74, 6) is -0.415. The van der Waals surface area contributed by atoms with Gasteiger partial charge in [-0.25, -0.2) is 4.39 Å². The van der Waals surface area contributed by atoms with Crippen molar-refractivity contribution in [2.45, 2.75) is 25.6 Å². The van der Waals surface area contributed by atoms with Crippen LogP contribution in [0.15, 0.2) is 22.7 Å². The van der Waals surface area contributed by atoms with E-state index in [4.69, 9.17) is 4.74 Å². The normalized spacial score (nSPS) is 21.9. The van der Waals surface area contributed by atoms with Gasteiger partial charge in [-0.15, -0.1) is 12.4 Å². The van der Waals surface area contributed by atoms with Gasteiger partial charge in [0.25, 0.3) is 0 Å². The molecule has 0 saturated carbocycles. The van der Waals surface area contributed by atoms with Gasteiger partial charge in [0.05, 0.1) is 12.7 Å². The van der Waals surface area contributed by atoms with E-state index in [9.17, 15) is 9.18 Å². The van der Waals surface area contributed by atoms with E-state index in [0.29, 0.717) is 24.2 Å². The Morgan fingerprint density at radius 1 is 1.60 bits per heavy atom. The van der Waals surface area contributed by atoms with E-state index in [0.717, 1.165) is 5.56 Å². The quantitative estimate of drug-likeness (QED) is 0.859. The molecule has 0 spiro atoms. The Hall–Kier alpha value is -0.690. The van der Waals surface area contributed by atoms with Crippen molar-refractivity contribution >= 4 is 34.2 Å². The number of ether oxygens (including phenoxy) is 1. The topological polar surface area (TPSA) is 50.4 Å². The lowest BCUT2D eigenvalue weighted by atomic mass is 10.1. The fourth-order valence-corrected chi connectivity index (χ4v) is 2.48. The van der Waals surface area contributed by atoms with Gasteiger partial charge in [0.15, 0.2) is 0 Å². The van der Waals surface area contributed by atoms with Crippen molar-refractivity contribution in [2.75, 3.05) is 13.2 Å². The predicted molar refractivity (Wildman–Crippen MR) is 80.4 cm³/mol. The van der Waals surface area contributed by atoms with Crippen LogP contribution in [0.25, 0.3) is 0 Å². The second kappa shape index (κ2) is 7.93. The van der Waals surface area contributed by atoms with Crippen LogP contribution in [0.1, 0.15) is 12.5 Å². The average molecular weight is 368 g/mol. The predicted octanol–water partition coefficient (Wildman–Crippen LogP) is 2.00. The van der Waals surface area contributed by atoms with E-state index in [1.165, 1.54) is 12.1 Å². The lowest BCUT2D eigenvalue weighted by molar-refractivity contribution is -0.129. The minimum atomic E-state index is -0.340. The van der Waals surface area contributed by atoms with Gasteiger partial charge in [0.2, 0.25) is 5.91 Å². The van der Waals surface area contributed by atoms with Gasteiger partial charge in [0, 0.05) is 17.6 Å². The number of benzene rings is 1. The minimum absolute atomic E-state index is 0. The number of carbonyl (C=O) groups is 1. The van der Waals surface area contributed by atoms with Crippen molar-refractivity contribution in [1.82, 2.24) is 10.6 Å².